The van der Waals surface area contributed by atoms with Crippen LogP contribution in [0.2, 0.25) is 10.0 Å². The van der Waals surface area contributed by atoms with E-state index in [0.717, 1.165) is 30.1 Å². The summed E-state index contributed by atoms with van der Waals surface area (Å²) in [4.78, 5) is 8.89. The van der Waals surface area contributed by atoms with Crippen molar-refractivity contribution in [1.29, 1.82) is 0 Å². The Bertz CT molecular complexity index is 661. The van der Waals surface area contributed by atoms with Gasteiger partial charge in [-0.15, -0.1) is 18.9 Å². The lowest BCUT2D eigenvalue weighted by atomic mass is 10.3. The first-order valence-electron chi connectivity index (χ1n) is 6.49. The molecule has 0 radical (unpaired) electrons. The maximum Gasteiger partial charge on any atom is 0.368 e. The number of hydrogen-bond donors (Lipinski definition) is 1. The van der Waals surface area contributed by atoms with Gasteiger partial charge in [0.1, 0.15) is 0 Å². The molecule has 1 aromatic heterocycles. The average Bonchev–Trinajstić information content (AvgIpc) is 2.98. The number of benzene rings is 1. The van der Waals surface area contributed by atoms with Gasteiger partial charge in [0.2, 0.25) is 0 Å². The highest BCUT2D eigenvalue weighted by Gasteiger charge is 2.08. The molecule has 23 heavy (non-hydrogen) atoms. The van der Waals surface area contributed by atoms with Crippen molar-refractivity contribution < 1.29 is 14.3 Å². The van der Waals surface area contributed by atoms with Crippen molar-refractivity contribution in [2.45, 2.75) is 19.8 Å². The molecule has 7 nitrogen and oxygen atoms in total. The monoisotopic (exact) mass is 394 g/mol. The van der Waals surface area contributed by atoms with E-state index in [1.807, 2.05) is 0 Å². The standard InChI is InChI=1S/C12H12Cl2N4O3S2/c1-2-3-4-22-21-20-11-15-12(23-18-11)17-16-7-5-8(13)10(19)9(14)6-7/h5-6,19H,2-4H2,1H3. The Kier molecular flexibility index (Phi) is 7.31. The number of nitrogens with zero attached hydrogens (tertiary/aromatic N) is 4. The van der Waals surface area contributed by atoms with E-state index in [2.05, 4.69) is 26.5 Å². The minimum atomic E-state index is -0.198. The summed E-state index contributed by atoms with van der Waals surface area (Å²) < 4.78 is 8.83. The lowest BCUT2D eigenvalue weighted by Gasteiger charge is -1.99. The number of aromatic hydroxyl groups is 1. The molecule has 0 saturated carbocycles. The molecular weight excluding hydrogens is 383 g/mol. The van der Waals surface area contributed by atoms with E-state index in [1.54, 1.807) is 0 Å². The molecule has 0 unspecified atom stereocenters. The van der Waals surface area contributed by atoms with Gasteiger partial charge in [-0.25, -0.2) is 0 Å². The van der Waals surface area contributed by atoms with Crippen LogP contribution in [0.15, 0.2) is 22.4 Å². The number of phenolic OH excluding ortho intramolecular Hbond substituents is 1. The van der Waals surface area contributed by atoms with Crippen LogP contribution in [0.4, 0.5) is 10.8 Å². The van der Waals surface area contributed by atoms with Gasteiger partial charge in [0.25, 0.3) is 5.13 Å². The van der Waals surface area contributed by atoms with Crippen molar-refractivity contribution in [2.24, 2.45) is 10.2 Å². The fraction of sp³-hybridized carbons (Fsp3) is 0.333. The molecule has 1 aromatic carbocycles. The summed E-state index contributed by atoms with van der Waals surface area (Å²) in [6, 6.07) is 2.92. The summed E-state index contributed by atoms with van der Waals surface area (Å²) in [5.41, 5.74) is 0.377. The topological polar surface area (TPSA) is 89.2 Å². The van der Waals surface area contributed by atoms with Crippen LogP contribution in [-0.2, 0) is 4.33 Å². The second-order valence-corrected chi connectivity index (χ2v) is 6.47. The summed E-state index contributed by atoms with van der Waals surface area (Å²) in [6.45, 7) is 2.09. The molecule has 0 amide bonds. The quantitative estimate of drug-likeness (QED) is 0.202. The molecule has 0 bridgehead atoms. The van der Waals surface area contributed by atoms with E-state index >= 15 is 0 Å². The van der Waals surface area contributed by atoms with E-state index < -0.39 is 0 Å². The Morgan fingerprint density at radius 2 is 2.04 bits per heavy atom. The van der Waals surface area contributed by atoms with Gasteiger partial charge in [-0.3, -0.25) is 4.89 Å². The van der Waals surface area contributed by atoms with Crippen LogP contribution in [0.5, 0.6) is 11.8 Å². The summed E-state index contributed by atoms with van der Waals surface area (Å²) in [6.07, 6.45) is 2.12. The van der Waals surface area contributed by atoms with E-state index in [0.29, 0.717) is 5.69 Å². The van der Waals surface area contributed by atoms with Crippen LogP contribution >= 0.6 is 46.8 Å². The molecule has 124 valence electrons. The number of unbranched alkanes of at least 4 members (excludes halogenated alkanes) is 1. The van der Waals surface area contributed by atoms with Gasteiger partial charge < -0.3 is 5.11 Å². The highest BCUT2D eigenvalue weighted by molar-refractivity contribution is 7.94. The normalized spacial score (nSPS) is 11.3. The number of aromatic nitrogens is 2. The largest absolute Gasteiger partial charge is 0.505 e. The van der Waals surface area contributed by atoms with Crippen molar-refractivity contribution in [3.05, 3.63) is 22.2 Å². The summed E-state index contributed by atoms with van der Waals surface area (Å²) in [5.74, 6) is 0.631. The molecule has 1 N–H and O–H groups in total. The zero-order chi connectivity index (χ0) is 16.7. The van der Waals surface area contributed by atoms with Crippen LogP contribution < -0.4 is 4.89 Å². The van der Waals surface area contributed by atoms with Gasteiger partial charge in [0.15, 0.2) is 5.75 Å². The van der Waals surface area contributed by atoms with Crippen LogP contribution in [0.25, 0.3) is 0 Å². The highest BCUT2D eigenvalue weighted by Crippen LogP contribution is 2.36. The predicted octanol–water partition coefficient (Wildman–Crippen LogP) is 5.72. The summed E-state index contributed by atoms with van der Waals surface area (Å²) >= 11 is 13.8. The fourth-order valence-electron chi connectivity index (χ4n) is 1.28. The molecular formula is C12H12Cl2N4O3S2. The van der Waals surface area contributed by atoms with Crippen molar-refractivity contribution >= 4 is 57.6 Å². The molecule has 0 saturated heterocycles. The molecule has 0 spiro atoms. The first kappa shape index (κ1) is 18.2. The molecule has 2 aromatic rings. The van der Waals surface area contributed by atoms with Crippen LogP contribution in [0.1, 0.15) is 19.8 Å². The third-order valence-electron chi connectivity index (χ3n) is 2.39. The number of hydrogen-bond acceptors (Lipinski definition) is 9. The predicted molar refractivity (Wildman–Crippen MR) is 91.3 cm³/mol. The minimum Gasteiger partial charge on any atom is -0.505 e. The molecule has 1 heterocycles. The first-order valence-corrected chi connectivity index (χ1v) is 8.93. The maximum atomic E-state index is 9.47. The second kappa shape index (κ2) is 9.24. The Hall–Kier alpha value is -1.13. The lowest BCUT2D eigenvalue weighted by molar-refractivity contribution is -0.0859. The second-order valence-electron chi connectivity index (χ2n) is 4.14. The van der Waals surface area contributed by atoms with Crippen molar-refractivity contribution in [3.8, 4) is 11.8 Å². The fourth-order valence-corrected chi connectivity index (χ4v) is 2.77. The molecule has 0 atom stereocenters. The average molecular weight is 395 g/mol. The molecule has 0 aliphatic heterocycles. The van der Waals surface area contributed by atoms with E-state index in [4.69, 9.17) is 32.4 Å². The number of azo groups is 1. The van der Waals surface area contributed by atoms with E-state index in [-0.39, 0.29) is 26.9 Å². The van der Waals surface area contributed by atoms with E-state index in [9.17, 15) is 5.11 Å². The Labute approximate surface area is 151 Å². The van der Waals surface area contributed by atoms with Gasteiger partial charge in [-0.2, -0.15) is 4.98 Å². The first-order chi connectivity index (χ1) is 11.1. The summed E-state index contributed by atoms with van der Waals surface area (Å²) in [7, 11) is 0. The zero-order valence-electron chi connectivity index (χ0n) is 11.9. The van der Waals surface area contributed by atoms with Gasteiger partial charge in [-0.1, -0.05) is 36.5 Å². The smallest absolute Gasteiger partial charge is 0.368 e. The van der Waals surface area contributed by atoms with Crippen molar-refractivity contribution in [1.82, 2.24) is 9.36 Å². The zero-order valence-corrected chi connectivity index (χ0v) is 15.0. The van der Waals surface area contributed by atoms with Gasteiger partial charge in [0, 0.05) is 29.3 Å². The van der Waals surface area contributed by atoms with Crippen molar-refractivity contribution in [3.63, 3.8) is 0 Å². The van der Waals surface area contributed by atoms with Gasteiger partial charge in [-0.05, 0) is 18.6 Å². The third-order valence-corrected chi connectivity index (χ3v) is 4.17. The van der Waals surface area contributed by atoms with Gasteiger partial charge >= 0.3 is 6.01 Å². The Balaban J connectivity index is 1.91. The van der Waals surface area contributed by atoms with Gasteiger partial charge in [0.05, 0.1) is 15.7 Å². The Morgan fingerprint density at radius 3 is 2.74 bits per heavy atom. The molecule has 0 aliphatic carbocycles. The van der Waals surface area contributed by atoms with Crippen LogP contribution in [0.3, 0.4) is 0 Å². The maximum absolute atomic E-state index is 9.47. The number of phenols is 1. The molecule has 2 rings (SSSR count). The minimum absolute atomic E-state index is 0.0646. The number of rotatable bonds is 8. The highest BCUT2D eigenvalue weighted by atomic mass is 35.5. The number of halogens is 2. The molecule has 0 fully saturated rings. The SMILES string of the molecule is CCCCSOOc1nsc(N=Nc2cc(Cl)c(O)c(Cl)c2)n1. The lowest BCUT2D eigenvalue weighted by Crippen LogP contribution is -1.92. The Morgan fingerprint density at radius 1 is 1.30 bits per heavy atom. The molecule has 11 heteroatoms. The van der Waals surface area contributed by atoms with Crippen molar-refractivity contribution in [2.75, 3.05) is 5.75 Å². The summed E-state index contributed by atoms with van der Waals surface area (Å²) in [5, 5.41) is 17.7. The van der Waals surface area contributed by atoms with Crippen LogP contribution in [0, 0.1) is 0 Å². The third kappa shape index (κ3) is 5.78. The van der Waals surface area contributed by atoms with Crippen LogP contribution in [-0.4, -0.2) is 20.2 Å². The molecule has 0 aliphatic rings. The van der Waals surface area contributed by atoms with E-state index in [1.165, 1.54) is 24.2 Å².